The van der Waals surface area contributed by atoms with Crippen LogP contribution in [0.25, 0.3) is 0 Å². The molecule has 6 heteroatoms. The molecule has 0 spiro atoms. The van der Waals surface area contributed by atoms with E-state index in [-0.39, 0.29) is 67.3 Å². The summed E-state index contributed by atoms with van der Waals surface area (Å²) in [5.41, 5.74) is 2.85. The van der Waals surface area contributed by atoms with Gasteiger partial charge in [-0.3, -0.25) is 19.2 Å². The Labute approximate surface area is 228 Å². The van der Waals surface area contributed by atoms with Gasteiger partial charge in [0.2, 0.25) is 0 Å². The number of ketones is 4. The van der Waals surface area contributed by atoms with E-state index in [9.17, 15) is 24.3 Å². The quantitative estimate of drug-likeness (QED) is 0.440. The van der Waals surface area contributed by atoms with Crippen LogP contribution in [-0.4, -0.2) is 35.3 Å². The molecule has 2 saturated carbocycles. The molecule has 3 aromatic rings. The van der Waals surface area contributed by atoms with Crippen LogP contribution in [0.4, 0.5) is 0 Å². The molecule has 0 radical (unpaired) electrons. The van der Waals surface area contributed by atoms with Crippen LogP contribution in [0, 0.1) is 11.8 Å². The molecule has 0 bridgehead atoms. The van der Waals surface area contributed by atoms with Gasteiger partial charge in [0, 0.05) is 37.2 Å². The fraction of sp³-hybridized carbons (Fsp3) is 0.333. The lowest BCUT2D eigenvalue weighted by Crippen LogP contribution is -2.45. The fourth-order valence-corrected chi connectivity index (χ4v) is 6.41. The Bertz CT molecular complexity index is 1260. The van der Waals surface area contributed by atoms with Gasteiger partial charge in [0.1, 0.15) is 28.9 Å². The van der Waals surface area contributed by atoms with Crippen LogP contribution >= 0.6 is 0 Å². The lowest BCUT2D eigenvalue weighted by Gasteiger charge is -2.38. The molecule has 2 aliphatic carbocycles. The van der Waals surface area contributed by atoms with Crippen molar-refractivity contribution in [3.8, 4) is 5.75 Å². The molecule has 3 aromatic carbocycles. The van der Waals surface area contributed by atoms with E-state index in [1.807, 2.05) is 60.7 Å². The largest absolute Gasteiger partial charge is 0.496 e. The maximum absolute atomic E-state index is 13.7. The van der Waals surface area contributed by atoms with Crippen LogP contribution in [0.1, 0.15) is 65.7 Å². The Morgan fingerprint density at radius 2 is 1.13 bits per heavy atom. The number of carbonyl (C=O) groups is 4. The summed E-state index contributed by atoms with van der Waals surface area (Å²) in [6.07, 6.45) is 0.673. The van der Waals surface area contributed by atoms with E-state index in [1.54, 1.807) is 18.2 Å². The van der Waals surface area contributed by atoms with Gasteiger partial charge >= 0.3 is 0 Å². The summed E-state index contributed by atoms with van der Waals surface area (Å²) in [5.74, 6) is -4.14. The Morgan fingerprint density at radius 1 is 0.692 bits per heavy atom. The summed E-state index contributed by atoms with van der Waals surface area (Å²) >= 11 is 0. The van der Waals surface area contributed by atoms with Crippen molar-refractivity contribution in [1.29, 1.82) is 0 Å². The SMILES string of the molecule is COc1ccc(C(C2C(=O)CC(c3ccccc3)CC2=O)C2C(=O)CC(c3ccccc3)CC2=O)cc1CO. The smallest absolute Gasteiger partial charge is 0.144 e. The van der Waals surface area contributed by atoms with E-state index in [2.05, 4.69) is 0 Å². The van der Waals surface area contributed by atoms with Gasteiger partial charge in [0.05, 0.1) is 25.6 Å². The zero-order valence-corrected chi connectivity index (χ0v) is 21.9. The van der Waals surface area contributed by atoms with E-state index in [0.29, 0.717) is 16.9 Å². The zero-order valence-electron chi connectivity index (χ0n) is 21.9. The van der Waals surface area contributed by atoms with E-state index < -0.39 is 17.8 Å². The molecule has 200 valence electrons. The van der Waals surface area contributed by atoms with E-state index in [1.165, 1.54) is 7.11 Å². The van der Waals surface area contributed by atoms with Crippen molar-refractivity contribution in [2.75, 3.05) is 7.11 Å². The maximum Gasteiger partial charge on any atom is 0.144 e. The van der Waals surface area contributed by atoms with Crippen molar-refractivity contribution in [3.63, 3.8) is 0 Å². The third-order valence-electron chi connectivity index (χ3n) is 8.30. The Kier molecular flexibility index (Phi) is 7.84. The first-order valence-electron chi connectivity index (χ1n) is 13.4. The number of benzene rings is 3. The first kappa shape index (κ1) is 26.7. The number of methoxy groups -OCH3 is 1. The first-order chi connectivity index (χ1) is 18.9. The predicted octanol–water partition coefficient (Wildman–Crippen LogP) is 4.94. The van der Waals surface area contributed by atoms with Gasteiger partial charge in [0.15, 0.2) is 0 Å². The normalized spacial score (nSPS) is 24.5. The van der Waals surface area contributed by atoms with Gasteiger partial charge in [-0.1, -0.05) is 66.7 Å². The fourth-order valence-electron chi connectivity index (χ4n) is 6.41. The third-order valence-corrected chi connectivity index (χ3v) is 8.30. The highest BCUT2D eigenvalue weighted by molar-refractivity contribution is 6.11. The molecule has 2 aliphatic rings. The number of aliphatic hydroxyl groups excluding tert-OH is 1. The standard InChI is InChI=1S/C33H32O6/c1-39-30-13-12-22(14-25(30)19-34)31(32-26(35)15-23(16-27(32)36)20-8-4-2-5-9-20)33-28(37)17-24(18-29(33)38)21-10-6-3-7-11-21/h2-14,23-24,31-34H,15-19H2,1H3. The van der Waals surface area contributed by atoms with Gasteiger partial charge in [-0.2, -0.15) is 0 Å². The van der Waals surface area contributed by atoms with E-state index in [4.69, 9.17) is 4.74 Å². The molecule has 6 nitrogen and oxygen atoms in total. The average molecular weight is 525 g/mol. The molecule has 0 atom stereocenters. The molecule has 0 aromatic heterocycles. The summed E-state index contributed by atoms with van der Waals surface area (Å²) in [7, 11) is 1.49. The van der Waals surface area contributed by atoms with Crippen LogP contribution in [0.5, 0.6) is 5.75 Å². The van der Waals surface area contributed by atoms with Gasteiger partial charge in [-0.05, 0) is 40.7 Å². The minimum absolute atomic E-state index is 0.168. The van der Waals surface area contributed by atoms with Crippen molar-refractivity contribution in [3.05, 3.63) is 101 Å². The van der Waals surface area contributed by atoms with Crippen LogP contribution in [0.3, 0.4) is 0 Å². The van der Waals surface area contributed by atoms with Crippen molar-refractivity contribution in [2.24, 2.45) is 11.8 Å². The molecule has 2 fully saturated rings. The highest BCUT2D eigenvalue weighted by Crippen LogP contribution is 2.46. The second-order valence-corrected chi connectivity index (χ2v) is 10.6. The average Bonchev–Trinajstić information content (AvgIpc) is 2.96. The number of rotatable bonds is 7. The first-order valence-corrected chi connectivity index (χ1v) is 13.4. The van der Waals surface area contributed by atoms with Crippen molar-refractivity contribution in [2.45, 2.75) is 50.0 Å². The van der Waals surface area contributed by atoms with Crippen LogP contribution in [0.15, 0.2) is 78.9 Å². The predicted molar refractivity (Wildman–Crippen MR) is 145 cm³/mol. The second-order valence-electron chi connectivity index (χ2n) is 10.6. The zero-order chi connectivity index (χ0) is 27.5. The molecular formula is C33H32O6. The van der Waals surface area contributed by atoms with Crippen molar-refractivity contribution in [1.82, 2.24) is 0 Å². The molecule has 5 rings (SSSR count). The molecule has 39 heavy (non-hydrogen) atoms. The lowest BCUT2D eigenvalue weighted by molar-refractivity contribution is -0.142. The molecule has 0 aliphatic heterocycles. The van der Waals surface area contributed by atoms with Gasteiger partial charge in [0.25, 0.3) is 0 Å². The summed E-state index contributed by atoms with van der Waals surface area (Å²) in [5, 5.41) is 9.96. The molecule has 1 N–H and O–H groups in total. The van der Waals surface area contributed by atoms with Gasteiger partial charge in [-0.15, -0.1) is 0 Å². The molecule has 0 saturated heterocycles. The minimum atomic E-state index is -1.10. The van der Waals surface area contributed by atoms with Crippen molar-refractivity contribution < 1.29 is 29.0 Å². The highest BCUT2D eigenvalue weighted by atomic mass is 16.5. The minimum Gasteiger partial charge on any atom is -0.496 e. The summed E-state index contributed by atoms with van der Waals surface area (Å²) < 4.78 is 5.34. The third kappa shape index (κ3) is 5.34. The van der Waals surface area contributed by atoms with Gasteiger partial charge in [-0.25, -0.2) is 0 Å². The monoisotopic (exact) mass is 524 g/mol. The molecule has 0 amide bonds. The number of hydrogen-bond donors (Lipinski definition) is 1. The van der Waals surface area contributed by atoms with Crippen LogP contribution in [0.2, 0.25) is 0 Å². The van der Waals surface area contributed by atoms with Gasteiger partial charge < -0.3 is 9.84 Å². The number of Topliss-reactive ketones (excluding diaryl/α,β-unsaturated/α-hetero) is 4. The van der Waals surface area contributed by atoms with E-state index >= 15 is 0 Å². The summed E-state index contributed by atoms with van der Waals surface area (Å²) in [6.45, 7) is -0.324. The number of ether oxygens (including phenoxy) is 1. The Balaban J connectivity index is 1.52. The second kappa shape index (κ2) is 11.5. The maximum atomic E-state index is 13.7. The topological polar surface area (TPSA) is 97.7 Å². The number of hydrogen-bond acceptors (Lipinski definition) is 6. The van der Waals surface area contributed by atoms with Crippen molar-refractivity contribution >= 4 is 23.1 Å². The summed E-state index contributed by atoms with van der Waals surface area (Å²) in [6, 6.07) is 24.0. The number of carbonyl (C=O) groups excluding carboxylic acids is 4. The van der Waals surface area contributed by atoms with Crippen LogP contribution in [-0.2, 0) is 25.8 Å². The van der Waals surface area contributed by atoms with E-state index in [0.717, 1.165) is 11.1 Å². The lowest BCUT2D eigenvalue weighted by atomic mass is 9.62. The number of aliphatic hydroxyl groups is 1. The Morgan fingerprint density at radius 3 is 1.51 bits per heavy atom. The molecule has 0 unspecified atom stereocenters. The summed E-state index contributed by atoms with van der Waals surface area (Å²) in [4.78, 5) is 54.8. The highest BCUT2D eigenvalue weighted by Gasteiger charge is 2.50. The molecule has 0 heterocycles. The molecular weight excluding hydrogens is 492 g/mol. The Hall–Kier alpha value is -3.90. The van der Waals surface area contributed by atoms with Crippen LogP contribution < -0.4 is 4.74 Å².